The van der Waals surface area contributed by atoms with Gasteiger partial charge in [0.15, 0.2) is 0 Å². The summed E-state index contributed by atoms with van der Waals surface area (Å²) in [5, 5.41) is 2.72. The Morgan fingerprint density at radius 2 is 1.66 bits per heavy atom. The summed E-state index contributed by atoms with van der Waals surface area (Å²) in [7, 11) is -3.89. The third-order valence-electron chi connectivity index (χ3n) is 5.67. The third kappa shape index (κ3) is 5.37. The van der Waals surface area contributed by atoms with E-state index < -0.39 is 28.0 Å². The minimum atomic E-state index is -3.89. The maximum absolute atomic E-state index is 13.1. The Kier molecular flexibility index (Phi) is 7.36. The van der Waals surface area contributed by atoms with Crippen molar-refractivity contribution in [3.63, 3.8) is 0 Å². The topological polar surface area (TPSA) is 95.6 Å². The van der Waals surface area contributed by atoms with E-state index in [4.69, 9.17) is 0 Å². The molecule has 32 heavy (non-hydrogen) atoms. The van der Waals surface area contributed by atoms with Gasteiger partial charge >= 0.3 is 0 Å². The molecular weight excluding hydrogens is 426 g/mol. The van der Waals surface area contributed by atoms with Gasteiger partial charge in [-0.15, -0.1) is 0 Å². The monoisotopic (exact) mass is 457 g/mol. The zero-order chi connectivity index (χ0) is 23.5. The summed E-state index contributed by atoms with van der Waals surface area (Å²) in [5.74, 6) is -1.05. The summed E-state index contributed by atoms with van der Waals surface area (Å²) in [6.07, 6.45) is 1.77. The fourth-order valence-corrected chi connectivity index (χ4v) is 5.15. The first-order valence-corrected chi connectivity index (χ1v) is 12.4. The quantitative estimate of drug-likeness (QED) is 0.668. The molecule has 0 aliphatic carbocycles. The van der Waals surface area contributed by atoms with Gasteiger partial charge in [-0.1, -0.05) is 49.7 Å². The summed E-state index contributed by atoms with van der Waals surface area (Å²) >= 11 is 0. The normalized spacial score (nSPS) is 15.7. The molecule has 2 N–H and O–H groups in total. The molecule has 2 aromatic rings. The van der Waals surface area contributed by atoms with Gasteiger partial charge in [0.1, 0.15) is 12.1 Å². The van der Waals surface area contributed by atoms with Crippen LogP contribution < -0.4 is 14.9 Å². The number of aryl methyl sites for hydroxylation is 2. The van der Waals surface area contributed by atoms with Crippen molar-refractivity contribution in [1.29, 1.82) is 0 Å². The Labute approximate surface area is 190 Å². The van der Waals surface area contributed by atoms with Crippen molar-refractivity contribution in [2.24, 2.45) is 5.92 Å². The number of fused-ring (bicyclic) bond motifs is 1. The number of hydrogen-bond acceptors (Lipinski definition) is 4. The van der Waals surface area contributed by atoms with Gasteiger partial charge in [-0.2, -0.15) is 4.72 Å². The summed E-state index contributed by atoms with van der Waals surface area (Å²) in [4.78, 5) is 27.9. The fraction of sp³-hybridized carbons (Fsp3) is 0.417. The average molecular weight is 458 g/mol. The predicted octanol–water partition coefficient (Wildman–Crippen LogP) is 2.78. The largest absolute Gasteiger partial charge is 0.343 e. The van der Waals surface area contributed by atoms with Crippen LogP contribution in [0.5, 0.6) is 0 Å². The smallest absolute Gasteiger partial charge is 0.249 e. The maximum Gasteiger partial charge on any atom is 0.249 e. The first-order chi connectivity index (χ1) is 15.1. The summed E-state index contributed by atoms with van der Waals surface area (Å²) < 4.78 is 28.1. The lowest BCUT2D eigenvalue weighted by Gasteiger charge is -2.32. The second-order valence-corrected chi connectivity index (χ2v) is 10.3. The molecule has 2 atom stereocenters. The minimum Gasteiger partial charge on any atom is -0.343 e. The number of anilines is 1. The van der Waals surface area contributed by atoms with Gasteiger partial charge in [0.2, 0.25) is 21.8 Å². The number of rotatable bonds is 7. The number of sulfonamides is 1. The van der Waals surface area contributed by atoms with Crippen molar-refractivity contribution in [2.75, 3.05) is 11.4 Å². The lowest BCUT2D eigenvalue weighted by molar-refractivity contribution is -0.128. The van der Waals surface area contributed by atoms with E-state index >= 15 is 0 Å². The van der Waals surface area contributed by atoms with Gasteiger partial charge in [-0.05, 0) is 56.4 Å². The van der Waals surface area contributed by atoms with Crippen LogP contribution in [-0.2, 0) is 26.0 Å². The van der Waals surface area contributed by atoms with E-state index in [1.165, 1.54) is 12.1 Å². The highest BCUT2D eigenvalue weighted by atomic mass is 32.2. The molecule has 0 spiro atoms. The number of carbonyl (C=O) groups is 2. The zero-order valence-corrected chi connectivity index (χ0v) is 19.8. The lowest BCUT2D eigenvalue weighted by atomic mass is 10.0. The number of hydrogen-bond donors (Lipinski definition) is 2. The molecular formula is C24H31N3O4S. The molecule has 0 unspecified atom stereocenters. The zero-order valence-electron chi connectivity index (χ0n) is 19.0. The Morgan fingerprint density at radius 1 is 1.00 bits per heavy atom. The van der Waals surface area contributed by atoms with E-state index in [1.54, 1.807) is 37.8 Å². The molecule has 0 saturated heterocycles. The number of nitrogens with one attached hydrogen (secondary N) is 2. The van der Waals surface area contributed by atoms with Crippen LogP contribution in [0.3, 0.4) is 0 Å². The van der Waals surface area contributed by atoms with E-state index in [0.717, 1.165) is 29.7 Å². The van der Waals surface area contributed by atoms with Gasteiger partial charge in [0, 0.05) is 12.2 Å². The van der Waals surface area contributed by atoms with Gasteiger partial charge < -0.3 is 10.2 Å². The van der Waals surface area contributed by atoms with Crippen molar-refractivity contribution >= 4 is 27.5 Å². The molecule has 1 aliphatic heterocycles. The SMILES string of the molecule is Cc1ccc(S(=O)(=O)N[C@H](C(=O)N[C@@H](C)C(=O)N2CCCc3ccccc32)C(C)C)cc1. The molecule has 8 heteroatoms. The van der Waals surface area contributed by atoms with Crippen LogP contribution in [0.15, 0.2) is 53.4 Å². The molecule has 172 valence electrons. The lowest BCUT2D eigenvalue weighted by Crippen LogP contribution is -2.55. The molecule has 0 radical (unpaired) electrons. The Bertz CT molecular complexity index is 1080. The second-order valence-electron chi connectivity index (χ2n) is 8.61. The number of benzene rings is 2. The molecule has 0 fully saturated rings. The molecule has 3 rings (SSSR count). The van der Waals surface area contributed by atoms with Gasteiger partial charge in [0.25, 0.3) is 0 Å². The van der Waals surface area contributed by atoms with Crippen LogP contribution in [0.2, 0.25) is 0 Å². The molecule has 1 aliphatic rings. The summed E-state index contributed by atoms with van der Waals surface area (Å²) in [6, 6.07) is 12.4. The van der Waals surface area contributed by atoms with Crippen LogP contribution >= 0.6 is 0 Å². The van der Waals surface area contributed by atoms with Gasteiger partial charge in [-0.3, -0.25) is 9.59 Å². The van der Waals surface area contributed by atoms with Crippen LogP contribution in [-0.4, -0.2) is 38.9 Å². The van der Waals surface area contributed by atoms with Crippen molar-refractivity contribution in [1.82, 2.24) is 10.0 Å². The van der Waals surface area contributed by atoms with Crippen molar-refractivity contribution in [3.8, 4) is 0 Å². The van der Waals surface area contributed by atoms with Crippen molar-refractivity contribution in [3.05, 3.63) is 59.7 Å². The molecule has 2 aromatic carbocycles. The Balaban J connectivity index is 1.72. The number of nitrogens with zero attached hydrogens (tertiary/aromatic N) is 1. The van der Waals surface area contributed by atoms with Crippen LogP contribution in [0, 0.1) is 12.8 Å². The van der Waals surface area contributed by atoms with E-state index in [2.05, 4.69) is 10.0 Å². The molecule has 0 aromatic heterocycles. The standard InChI is InChI=1S/C24H31N3O4S/c1-16(2)22(26-32(30,31)20-13-11-17(3)12-14-20)23(28)25-18(4)24(29)27-15-7-9-19-8-5-6-10-21(19)27/h5-6,8,10-14,16,18,22,26H,7,9,15H2,1-4H3,(H,25,28)/t18-,22-/m0/s1. The van der Waals surface area contributed by atoms with Gasteiger partial charge in [-0.25, -0.2) is 8.42 Å². The van der Waals surface area contributed by atoms with Crippen LogP contribution in [0.25, 0.3) is 0 Å². The second kappa shape index (κ2) is 9.83. The average Bonchev–Trinajstić information content (AvgIpc) is 2.76. The van der Waals surface area contributed by atoms with E-state index in [9.17, 15) is 18.0 Å². The Morgan fingerprint density at radius 3 is 2.31 bits per heavy atom. The molecule has 2 amide bonds. The highest BCUT2D eigenvalue weighted by Crippen LogP contribution is 2.27. The summed E-state index contributed by atoms with van der Waals surface area (Å²) in [6.45, 7) is 7.60. The maximum atomic E-state index is 13.1. The van der Waals surface area contributed by atoms with Crippen LogP contribution in [0.1, 0.15) is 38.3 Å². The van der Waals surface area contributed by atoms with Gasteiger partial charge in [0.05, 0.1) is 4.90 Å². The van der Waals surface area contributed by atoms with E-state index in [0.29, 0.717) is 6.54 Å². The summed E-state index contributed by atoms with van der Waals surface area (Å²) in [5.41, 5.74) is 2.91. The first-order valence-electron chi connectivity index (χ1n) is 10.9. The highest BCUT2D eigenvalue weighted by Gasteiger charge is 2.32. The minimum absolute atomic E-state index is 0.0931. The van der Waals surface area contributed by atoms with Crippen molar-refractivity contribution in [2.45, 2.75) is 57.5 Å². The molecule has 0 bridgehead atoms. The highest BCUT2D eigenvalue weighted by molar-refractivity contribution is 7.89. The van der Waals surface area contributed by atoms with E-state index in [1.807, 2.05) is 31.2 Å². The molecule has 1 heterocycles. The molecule has 7 nitrogen and oxygen atoms in total. The van der Waals surface area contributed by atoms with E-state index in [-0.39, 0.29) is 16.7 Å². The predicted molar refractivity (Wildman–Crippen MR) is 125 cm³/mol. The van der Waals surface area contributed by atoms with Crippen LogP contribution in [0.4, 0.5) is 5.69 Å². The number of amides is 2. The number of para-hydroxylation sites is 1. The molecule has 0 saturated carbocycles. The number of carbonyl (C=O) groups excluding carboxylic acids is 2. The third-order valence-corrected chi connectivity index (χ3v) is 7.13. The first kappa shape index (κ1) is 23.9. The van der Waals surface area contributed by atoms with Crippen molar-refractivity contribution < 1.29 is 18.0 Å². The Hall–Kier alpha value is -2.71. The fourth-order valence-electron chi connectivity index (χ4n) is 3.81.